The first-order valence-electron chi connectivity index (χ1n) is 14.1. The lowest BCUT2D eigenvalue weighted by Gasteiger charge is -2.11. The molecule has 2 aromatic carbocycles. The van der Waals surface area contributed by atoms with Crippen LogP contribution in [0.5, 0.6) is 0 Å². The second kappa shape index (κ2) is 19.6. The van der Waals surface area contributed by atoms with Gasteiger partial charge in [0.25, 0.3) is 0 Å². The Balaban J connectivity index is 0.00000211. The fraction of sp³-hybridized carbons (Fsp3) is 0.419. The zero-order valence-corrected chi connectivity index (χ0v) is 25.9. The molecule has 42 heavy (non-hydrogen) atoms. The van der Waals surface area contributed by atoms with E-state index in [2.05, 4.69) is 44.1 Å². The van der Waals surface area contributed by atoms with Crippen LogP contribution in [-0.4, -0.2) is 27.3 Å². The Morgan fingerprint density at radius 3 is 2.40 bits per heavy atom. The van der Waals surface area contributed by atoms with E-state index in [1.165, 1.54) is 0 Å². The average molecular weight is 608 g/mol. The molecule has 3 aromatic rings. The number of unbranched alkanes of at least 4 members (excludes halogenated alkanes) is 2. The normalized spacial score (nSPS) is 11.1. The molecule has 230 valence electrons. The van der Waals surface area contributed by atoms with E-state index in [0.29, 0.717) is 42.1 Å². The summed E-state index contributed by atoms with van der Waals surface area (Å²) in [5.74, 6) is 5.90. The van der Waals surface area contributed by atoms with Crippen LogP contribution in [-0.2, 0) is 17.2 Å². The lowest BCUT2D eigenvalue weighted by Crippen LogP contribution is -2.20. The SMILES string of the molecule is CC.CC.CCCCCNc1nc(Nc2cccc(C)c2)ncc1C#CCCNS(=O)c1cc(C(F)(F)F)ccc1F. The molecular formula is C31H41F4N5OS. The summed E-state index contributed by atoms with van der Waals surface area (Å²) in [7, 11) is -2.16. The molecule has 1 heterocycles. The molecule has 0 aliphatic carbocycles. The number of nitrogens with zero attached hydrogens (tertiary/aromatic N) is 2. The summed E-state index contributed by atoms with van der Waals surface area (Å²) in [4.78, 5) is 8.36. The van der Waals surface area contributed by atoms with E-state index in [1.807, 2.05) is 58.9 Å². The molecule has 0 aliphatic heterocycles. The molecule has 0 fully saturated rings. The Kier molecular flexibility index (Phi) is 17.0. The van der Waals surface area contributed by atoms with Gasteiger partial charge in [-0.15, -0.1) is 0 Å². The van der Waals surface area contributed by atoms with Crippen molar-refractivity contribution in [3.63, 3.8) is 0 Å². The lowest BCUT2D eigenvalue weighted by molar-refractivity contribution is -0.137. The predicted octanol–water partition coefficient (Wildman–Crippen LogP) is 8.40. The van der Waals surface area contributed by atoms with Crippen LogP contribution in [0, 0.1) is 24.6 Å². The fourth-order valence-electron chi connectivity index (χ4n) is 3.37. The van der Waals surface area contributed by atoms with Crippen LogP contribution in [0.4, 0.5) is 35.0 Å². The topological polar surface area (TPSA) is 78.9 Å². The van der Waals surface area contributed by atoms with Gasteiger partial charge < -0.3 is 10.6 Å². The van der Waals surface area contributed by atoms with E-state index in [9.17, 15) is 21.8 Å². The van der Waals surface area contributed by atoms with Crippen LogP contribution in [0.3, 0.4) is 0 Å². The average Bonchev–Trinajstić information content (AvgIpc) is 2.97. The molecule has 11 heteroatoms. The number of aryl methyl sites for hydroxylation is 1. The summed E-state index contributed by atoms with van der Waals surface area (Å²) < 4.78 is 67.5. The first-order valence-corrected chi connectivity index (χ1v) is 15.3. The summed E-state index contributed by atoms with van der Waals surface area (Å²) in [5.41, 5.74) is 1.46. The van der Waals surface area contributed by atoms with Gasteiger partial charge in [-0.1, -0.05) is 71.4 Å². The second-order valence-electron chi connectivity index (χ2n) is 8.44. The van der Waals surface area contributed by atoms with Crippen molar-refractivity contribution < 1.29 is 21.8 Å². The minimum Gasteiger partial charge on any atom is -0.369 e. The molecule has 0 aliphatic rings. The molecule has 0 saturated carbocycles. The van der Waals surface area contributed by atoms with Gasteiger partial charge in [0.05, 0.1) is 22.2 Å². The van der Waals surface area contributed by atoms with Crippen LogP contribution in [0.1, 0.15) is 77.0 Å². The molecule has 3 rings (SSSR count). The van der Waals surface area contributed by atoms with Gasteiger partial charge in [-0.05, 0) is 49.2 Å². The third kappa shape index (κ3) is 12.6. The number of rotatable bonds is 11. The fourth-order valence-corrected chi connectivity index (χ4v) is 4.29. The maximum Gasteiger partial charge on any atom is 0.416 e. The Morgan fingerprint density at radius 1 is 1.00 bits per heavy atom. The number of halogens is 4. The van der Waals surface area contributed by atoms with E-state index in [-0.39, 0.29) is 13.0 Å². The molecule has 0 saturated heterocycles. The number of alkyl halides is 3. The molecule has 3 N–H and O–H groups in total. The highest BCUT2D eigenvalue weighted by Gasteiger charge is 2.31. The summed E-state index contributed by atoms with van der Waals surface area (Å²) in [5, 5.41) is 6.48. The summed E-state index contributed by atoms with van der Waals surface area (Å²) >= 11 is 0. The van der Waals surface area contributed by atoms with Crippen molar-refractivity contribution in [2.45, 2.75) is 78.3 Å². The van der Waals surface area contributed by atoms with Gasteiger partial charge in [0.15, 0.2) is 0 Å². The molecule has 6 nitrogen and oxygen atoms in total. The Morgan fingerprint density at radius 2 is 1.74 bits per heavy atom. The van der Waals surface area contributed by atoms with Crippen molar-refractivity contribution in [1.29, 1.82) is 0 Å². The summed E-state index contributed by atoms with van der Waals surface area (Å²) in [6.07, 6.45) is 0.276. The quantitative estimate of drug-likeness (QED) is 0.116. The molecule has 0 amide bonds. The Bertz CT molecular complexity index is 1320. The largest absolute Gasteiger partial charge is 0.416 e. The molecule has 1 atom stereocenters. The zero-order chi connectivity index (χ0) is 31.5. The highest BCUT2D eigenvalue weighted by molar-refractivity contribution is 7.83. The minimum absolute atomic E-state index is 0.0718. The van der Waals surface area contributed by atoms with E-state index in [4.69, 9.17) is 0 Å². The molecular weight excluding hydrogens is 566 g/mol. The summed E-state index contributed by atoms with van der Waals surface area (Å²) in [6.45, 7) is 12.9. The number of nitrogens with one attached hydrogen (secondary N) is 3. The maximum absolute atomic E-state index is 13.9. The van der Waals surface area contributed by atoms with Gasteiger partial charge in [-0.3, -0.25) is 0 Å². The van der Waals surface area contributed by atoms with Crippen molar-refractivity contribution in [3.8, 4) is 11.8 Å². The van der Waals surface area contributed by atoms with Crippen LogP contribution in [0.25, 0.3) is 0 Å². The van der Waals surface area contributed by atoms with Crippen LogP contribution < -0.4 is 15.4 Å². The lowest BCUT2D eigenvalue weighted by atomic mass is 10.2. The highest BCUT2D eigenvalue weighted by atomic mass is 32.2. The van der Waals surface area contributed by atoms with Crippen molar-refractivity contribution in [3.05, 3.63) is 71.2 Å². The second-order valence-corrected chi connectivity index (χ2v) is 9.71. The van der Waals surface area contributed by atoms with Crippen LogP contribution >= 0.6 is 0 Å². The van der Waals surface area contributed by atoms with Crippen molar-refractivity contribution in [1.82, 2.24) is 14.7 Å². The van der Waals surface area contributed by atoms with Gasteiger partial charge >= 0.3 is 6.18 Å². The number of aromatic nitrogens is 2. The van der Waals surface area contributed by atoms with Crippen LogP contribution in [0.15, 0.2) is 53.6 Å². The molecule has 1 unspecified atom stereocenters. The highest BCUT2D eigenvalue weighted by Crippen LogP contribution is 2.31. The molecule has 0 spiro atoms. The maximum atomic E-state index is 13.9. The van der Waals surface area contributed by atoms with Crippen molar-refractivity contribution in [2.24, 2.45) is 0 Å². The van der Waals surface area contributed by atoms with E-state index in [0.717, 1.165) is 30.5 Å². The van der Waals surface area contributed by atoms with Gasteiger partial charge in [0, 0.05) is 25.2 Å². The molecule has 0 radical (unpaired) electrons. The zero-order valence-electron chi connectivity index (χ0n) is 25.1. The Hall–Kier alpha value is -3.49. The first kappa shape index (κ1) is 36.5. The molecule has 1 aromatic heterocycles. The first-order chi connectivity index (χ1) is 20.2. The Labute approximate surface area is 249 Å². The standard InChI is InChI=1S/C27H29F4N5OS.2C2H6/c1-3-4-6-14-32-25-20(18-33-26(36-25)35-22-11-8-9-19(2)16-22)10-5-7-15-34-38(37)24-17-21(27(29,30)31)12-13-23(24)28;2*1-2/h8-9,11-13,16-18,34H,3-4,6-7,14-15H2,1-2H3,(H2,32,33,35,36);2*1-2H3. The minimum atomic E-state index is -4.66. The van der Waals surface area contributed by atoms with Gasteiger partial charge in [-0.25, -0.2) is 18.3 Å². The van der Waals surface area contributed by atoms with Gasteiger partial charge in [0.1, 0.15) is 22.6 Å². The summed E-state index contributed by atoms with van der Waals surface area (Å²) in [6, 6.07) is 9.64. The smallest absolute Gasteiger partial charge is 0.369 e. The molecule has 0 bridgehead atoms. The van der Waals surface area contributed by atoms with E-state index in [1.54, 1.807) is 6.20 Å². The van der Waals surface area contributed by atoms with Gasteiger partial charge in [-0.2, -0.15) is 18.2 Å². The third-order valence-corrected chi connectivity index (χ3v) is 6.48. The van der Waals surface area contributed by atoms with Crippen molar-refractivity contribution >= 4 is 28.4 Å². The monoisotopic (exact) mass is 607 g/mol. The van der Waals surface area contributed by atoms with E-state index >= 15 is 0 Å². The number of hydrogen-bond donors (Lipinski definition) is 3. The van der Waals surface area contributed by atoms with Crippen LogP contribution in [0.2, 0.25) is 0 Å². The number of hydrogen-bond acceptors (Lipinski definition) is 5. The van der Waals surface area contributed by atoms with E-state index < -0.39 is 33.4 Å². The number of benzene rings is 2. The predicted molar refractivity (Wildman–Crippen MR) is 165 cm³/mol. The van der Waals surface area contributed by atoms with Crippen molar-refractivity contribution in [2.75, 3.05) is 23.7 Å². The third-order valence-electron chi connectivity index (χ3n) is 5.30. The number of anilines is 3. The van der Waals surface area contributed by atoms with Gasteiger partial charge in [0.2, 0.25) is 5.95 Å².